The molecule has 0 bridgehead atoms. The van der Waals surface area contributed by atoms with E-state index < -0.39 is 0 Å². The van der Waals surface area contributed by atoms with E-state index in [1.54, 1.807) is 0 Å². The van der Waals surface area contributed by atoms with Crippen LogP contribution in [0, 0.1) is 5.41 Å². The molecule has 1 aliphatic carbocycles. The Balaban J connectivity index is 1.62. The summed E-state index contributed by atoms with van der Waals surface area (Å²) in [7, 11) is 0. The number of nitrogens with zero attached hydrogens (tertiary/aromatic N) is 4. The van der Waals surface area contributed by atoms with Gasteiger partial charge in [-0.3, -0.25) is 4.79 Å². The highest BCUT2D eigenvalue weighted by Crippen LogP contribution is 2.46. The number of rotatable bonds is 2. The minimum atomic E-state index is 0.616. The van der Waals surface area contributed by atoms with Crippen LogP contribution in [-0.2, 0) is 4.79 Å². The van der Waals surface area contributed by atoms with Crippen molar-refractivity contribution in [3.63, 3.8) is 0 Å². The summed E-state index contributed by atoms with van der Waals surface area (Å²) in [4.78, 5) is 13.4. The van der Waals surface area contributed by atoms with Gasteiger partial charge in [0, 0.05) is 13.1 Å². The highest BCUT2D eigenvalue weighted by molar-refractivity contribution is 5.91. The van der Waals surface area contributed by atoms with E-state index in [0.29, 0.717) is 11.8 Å². The lowest BCUT2D eigenvalue weighted by Crippen LogP contribution is -2.38. The van der Waals surface area contributed by atoms with Crippen LogP contribution in [0.2, 0.25) is 0 Å². The molecule has 4 rings (SSSR count). The van der Waals surface area contributed by atoms with Crippen LogP contribution in [0.3, 0.4) is 0 Å². The van der Waals surface area contributed by atoms with Gasteiger partial charge in [-0.1, -0.05) is 24.1 Å². The largest absolute Gasteiger partial charge is 0.370 e. The van der Waals surface area contributed by atoms with E-state index >= 15 is 0 Å². The molecule has 0 unspecified atom stereocenters. The molecule has 2 aromatic rings. The van der Waals surface area contributed by atoms with Crippen molar-refractivity contribution < 1.29 is 4.79 Å². The Morgan fingerprint density at radius 2 is 1.86 bits per heavy atom. The Morgan fingerprint density at radius 1 is 1.10 bits per heavy atom. The van der Waals surface area contributed by atoms with Crippen molar-refractivity contribution in [2.24, 2.45) is 5.41 Å². The SMILES string of the molecule is O=Cn1nnc2c(N3CCC4(CCCC4)CC3)cccc21. The average molecular weight is 284 g/mol. The molecule has 1 saturated heterocycles. The third-order valence-corrected chi connectivity index (χ3v) is 5.41. The van der Waals surface area contributed by atoms with Crippen molar-refractivity contribution >= 4 is 23.1 Å². The van der Waals surface area contributed by atoms with Gasteiger partial charge in [0.1, 0.15) is 5.52 Å². The molecule has 0 radical (unpaired) electrons. The summed E-state index contributed by atoms with van der Waals surface area (Å²) in [6, 6.07) is 5.98. The van der Waals surface area contributed by atoms with Gasteiger partial charge in [-0.05, 0) is 43.2 Å². The Labute approximate surface area is 123 Å². The van der Waals surface area contributed by atoms with Crippen molar-refractivity contribution in [1.29, 1.82) is 0 Å². The monoisotopic (exact) mass is 284 g/mol. The second-order valence-corrected chi connectivity index (χ2v) is 6.48. The molecule has 0 amide bonds. The van der Waals surface area contributed by atoms with Gasteiger partial charge in [0.05, 0.1) is 11.2 Å². The van der Waals surface area contributed by atoms with Crippen LogP contribution in [0.1, 0.15) is 38.5 Å². The first-order chi connectivity index (χ1) is 10.3. The molecule has 2 fully saturated rings. The number of hydrogen-bond acceptors (Lipinski definition) is 4. The van der Waals surface area contributed by atoms with Crippen LogP contribution < -0.4 is 4.90 Å². The first-order valence-corrected chi connectivity index (χ1v) is 7.86. The van der Waals surface area contributed by atoms with Gasteiger partial charge in [0.2, 0.25) is 6.41 Å². The number of carbonyl (C=O) groups is 1. The summed E-state index contributed by atoms with van der Waals surface area (Å²) in [5.41, 5.74) is 3.37. The van der Waals surface area contributed by atoms with Crippen molar-refractivity contribution in [1.82, 2.24) is 15.0 Å². The highest BCUT2D eigenvalue weighted by atomic mass is 16.1. The molecule has 5 heteroatoms. The fourth-order valence-corrected chi connectivity index (χ4v) is 4.13. The maximum absolute atomic E-state index is 11.0. The number of fused-ring (bicyclic) bond motifs is 1. The zero-order valence-corrected chi connectivity index (χ0v) is 12.2. The molecule has 1 saturated carbocycles. The number of carbonyl (C=O) groups excluding carboxylic acids is 1. The average Bonchev–Trinajstić information content (AvgIpc) is 3.15. The van der Waals surface area contributed by atoms with Crippen LogP contribution in [0.15, 0.2) is 18.2 Å². The molecule has 1 aliphatic heterocycles. The fraction of sp³-hybridized carbons (Fsp3) is 0.562. The van der Waals surface area contributed by atoms with Gasteiger partial charge in [-0.15, -0.1) is 5.10 Å². The smallest absolute Gasteiger partial charge is 0.236 e. The van der Waals surface area contributed by atoms with Gasteiger partial charge in [0.25, 0.3) is 0 Å². The second kappa shape index (κ2) is 4.83. The normalized spacial score (nSPS) is 21.2. The lowest BCUT2D eigenvalue weighted by atomic mass is 9.77. The summed E-state index contributed by atoms with van der Waals surface area (Å²) in [5.74, 6) is 0. The molecule has 1 aromatic carbocycles. The third-order valence-electron chi connectivity index (χ3n) is 5.41. The van der Waals surface area contributed by atoms with Crippen LogP contribution >= 0.6 is 0 Å². The molecular weight excluding hydrogens is 264 g/mol. The van der Waals surface area contributed by atoms with E-state index in [4.69, 9.17) is 0 Å². The maximum atomic E-state index is 11.0. The van der Waals surface area contributed by atoms with E-state index in [2.05, 4.69) is 21.3 Å². The van der Waals surface area contributed by atoms with Gasteiger partial charge in [-0.25, -0.2) is 0 Å². The summed E-state index contributed by atoms with van der Waals surface area (Å²) >= 11 is 0. The first kappa shape index (κ1) is 12.8. The summed E-state index contributed by atoms with van der Waals surface area (Å²) < 4.78 is 1.31. The molecule has 5 nitrogen and oxygen atoms in total. The van der Waals surface area contributed by atoms with Crippen molar-refractivity contribution in [3.8, 4) is 0 Å². The lowest BCUT2D eigenvalue weighted by Gasteiger charge is -2.40. The number of benzene rings is 1. The lowest BCUT2D eigenvalue weighted by molar-refractivity contribution is 0.227. The Kier molecular flexibility index (Phi) is 2.94. The topological polar surface area (TPSA) is 51.0 Å². The van der Waals surface area contributed by atoms with E-state index in [1.165, 1.54) is 43.2 Å². The summed E-state index contributed by atoms with van der Waals surface area (Å²) in [5, 5.41) is 8.11. The van der Waals surface area contributed by atoms with Gasteiger partial charge < -0.3 is 4.90 Å². The molecule has 110 valence electrons. The molecular formula is C16H20N4O. The number of anilines is 1. The van der Waals surface area contributed by atoms with Crippen LogP contribution in [0.5, 0.6) is 0 Å². The summed E-state index contributed by atoms with van der Waals surface area (Å²) in [6.07, 6.45) is 8.91. The molecule has 21 heavy (non-hydrogen) atoms. The molecule has 1 aromatic heterocycles. The second-order valence-electron chi connectivity index (χ2n) is 6.48. The zero-order chi connectivity index (χ0) is 14.3. The van der Waals surface area contributed by atoms with E-state index in [9.17, 15) is 4.79 Å². The first-order valence-electron chi connectivity index (χ1n) is 7.86. The van der Waals surface area contributed by atoms with Crippen LogP contribution in [-0.4, -0.2) is 34.5 Å². The number of aromatic nitrogens is 3. The Hall–Kier alpha value is -1.91. The van der Waals surface area contributed by atoms with Crippen molar-refractivity contribution in [2.45, 2.75) is 38.5 Å². The minimum absolute atomic E-state index is 0.616. The van der Waals surface area contributed by atoms with Crippen molar-refractivity contribution in [3.05, 3.63) is 18.2 Å². The van der Waals surface area contributed by atoms with E-state index in [0.717, 1.165) is 29.8 Å². The van der Waals surface area contributed by atoms with Crippen LogP contribution in [0.4, 0.5) is 5.69 Å². The zero-order valence-electron chi connectivity index (χ0n) is 12.2. The number of piperidine rings is 1. The third kappa shape index (κ3) is 2.03. The Bertz CT molecular complexity index is 662. The van der Waals surface area contributed by atoms with Gasteiger partial charge in [0.15, 0.2) is 0 Å². The van der Waals surface area contributed by atoms with Gasteiger partial charge in [-0.2, -0.15) is 4.68 Å². The molecule has 1 spiro atoms. The minimum Gasteiger partial charge on any atom is -0.370 e. The molecule has 0 N–H and O–H groups in total. The fourth-order valence-electron chi connectivity index (χ4n) is 4.13. The predicted octanol–water partition coefficient (Wildman–Crippen LogP) is 2.63. The van der Waals surface area contributed by atoms with E-state index in [1.807, 2.05) is 12.1 Å². The molecule has 2 heterocycles. The number of hydrogen-bond donors (Lipinski definition) is 0. The van der Waals surface area contributed by atoms with E-state index in [-0.39, 0.29) is 0 Å². The van der Waals surface area contributed by atoms with Crippen molar-refractivity contribution in [2.75, 3.05) is 18.0 Å². The quantitative estimate of drug-likeness (QED) is 0.796. The molecule has 0 atom stereocenters. The predicted molar refractivity (Wildman–Crippen MR) is 82.0 cm³/mol. The highest BCUT2D eigenvalue weighted by Gasteiger charge is 2.37. The van der Waals surface area contributed by atoms with Crippen LogP contribution in [0.25, 0.3) is 11.0 Å². The maximum Gasteiger partial charge on any atom is 0.236 e. The summed E-state index contributed by atoms with van der Waals surface area (Å²) in [6.45, 7) is 2.18. The Morgan fingerprint density at radius 3 is 2.57 bits per heavy atom. The molecule has 2 aliphatic rings. The van der Waals surface area contributed by atoms with Gasteiger partial charge >= 0.3 is 0 Å². The standard InChI is InChI=1S/C16H20N4O/c21-12-20-14-5-3-4-13(15(14)17-18-20)19-10-8-16(9-11-19)6-1-2-7-16/h3-5,12H,1-2,6-11H2.